The van der Waals surface area contributed by atoms with E-state index in [2.05, 4.69) is 15.4 Å². The lowest BCUT2D eigenvalue weighted by molar-refractivity contribution is -0.116. The van der Waals surface area contributed by atoms with Crippen LogP contribution >= 0.6 is 0 Å². The van der Waals surface area contributed by atoms with Crippen LogP contribution < -0.4 is 15.4 Å². The van der Waals surface area contributed by atoms with Gasteiger partial charge in [-0.1, -0.05) is 36.4 Å². The summed E-state index contributed by atoms with van der Waals surface area (Å²) in [6.45, 7) is 1.74. The molecule has 0 fully saturated rings. The number of hydrogen-bond donors (Lipinski definition) is 3. The molecule has 0 saturated carbocycles. The van der Waals surface area contributed by atoms with Gasteiger partial charge in [0.2, 0.25) is 5.91 Å². The molecule has 1 atom stereocenters. The topological polar surface area (TPSA) is 87.3 Å². The molecule has 4 aromatic rings. The third-order valence-electron chi connectivity index (χ3n) is 5.09. The molecule has 0 aromatic heterocycles. The summed E-state index contributed by atoms with van der Waals surface area (Å²) in [5, 5.41) is 8.05. The van der Waals surface area contributed by atoms with Gasteiger partial charge in [-0.05, 0) is 66.9 Å². The minimum Gasteiger partial charge on any atom is -0.374 e. The summed E-state index contributed by atoms with van der Waals surface area (Å²) < 4.78 is 40.4. The van der Waals surface area contributed by atoms with E-state index in [0.717, 1.165) is 28.6 Å². The van der Waals surface area contributed by atoms with E-state index in [-0.39, 0.29) is 10.8 Å². The fraction of sp³-hybridized carbons (Fsp3) is 0.0800. The Morgan fingerprint density at radius 2 is 1.45 bits per heavy atom. The van der Waals surface area contributed by atoms with Crippen LogP contribution in [0.5, 0.6) is 0 Å². The number of carbonyl (C=O) groups excluding carboxylic acids is 1. The summed E-state index contributed by atoms with van der Waals surface area (Å²) in [5.41, 5.74) is 1.73. The Hall–Kier alpha value is -3.91. The Morgan fingerprint density at radius 3 is 2.18 bits per heavy atom. The van der Waals surface area contributed by atoms with Crippen LogP contribution in [0.15, 0.2) is 95.9 Å². The van der Waals surface area contributed by atoms with Crippen molar-refractivity contribution in [3.63, 3.8) is 0 Å². The van der Waals surface area contributed by atoms with Gasteiger partial charge in [0, 0.05) is 22.4 Å². The van der Waals surface area contributed by atoms with Crippen LogP contribution in [-0.4, -0.2) is 20.4 Å². The zero-order chi connectivity index (χ0) is 23.4. The molecule has 0 aliphatic carbocycles. The summed E-state index contributed by atoms with van der Waals surface area (Å²) in [6.07, 6.45) is 0. The Balaban J connectivity index is 1.40. The van der Waals surface area contributed by atoms with E-state index in [1.807, 2.05) is 42.5 Å². The van der Waals surface area contributed by atoms with Crippen molar-refractivity contribution < 1.29 is 17.6 Å². The summed E-state index contributed by atoms with van der Waals surface area (Å²) in [6, 6.07) is 24.1. The van der Waals surface area contributed by atoms with Crippen molar-refractivity contribution >= 4 is 43.8 Å². The minimum absolute atomic E-state index is 0.0372. The monoisotopic (exact) mass is 463 g/mol. The molecule has 0 bridgehead atoms. The molecule has 0 aliphatic heterocycles. The fourth-order valence-corrected chi connectivity index (χ4v) is 4.41. The maximum absolute atomic E-state index is 13.0. The fourth-order valence-electron chi connectivity index (χ4n) is 3.35. The Kier molecular flexibility index (Phi) is 6.28. The molecular weight excluding hydrogens is 441 g/mol. The zero-order valence-corrected chi connectivity index (χ0v) is 18.6. The van der Waals surface area contributed by atoms with Gasteiger partial charge in [-0.3, -0.25) is 9.52 Å². The van der Waals surface area contributed by atoms with E-state index in [1.54, 1.807) is 31.2 Å². The average Bonchev–Trinajstić information content (AvgIpc) is 2.80. The largest absolute Gasteiger partial charge is 0.374 e. The predicted octanol–water partition coefficient (Wildman–Crippen LogP) is 5.22. The van der Waals surface area contributed by atoms with E-state index < -0.39 is 21.9 Å². The summed E-state index contributed by atoms with van der Waals surface area (Å²) in [4.78, 5) is 12.7. The van der Waals surface area contributed by atoms with E-state index in [1.165, 1.54) is 12.1 Å². The van der Waals surface area contributed by atoms with Gasteiger partial charge in [-0.2, -0.15) is 0 Å². The number of rotatable bonds is 7. The number of hydrogen-bond acceptors (Lipinski definition) is 4. The van der Waals surface area contributed by atoms with Crippen LogP contribution in [0.25, 0.3) is 10.8 Å². The van der Waals surface area contributed by atoms with Crippen molar-refractivity contribution in [2.24, 2.45) is 0 Å². The second kappa shape index (κ2) is 9.30. The number of benzene rings is 4. The van der Waals surface area contributed by atoms with Crippen LogP contribution in [0.4, 0.5) is 21.5 Å². The molecule has 0 spiro atoms. The molecule has 0 saturated heterocycles. The first-order valence-corrected chi connectivity index (χ1v) is 11.7. The van der Waals surface area contributed by atoms with Crippen molar-refractivity contribution in [1.82, 2.24) is 0 Å². The molecule has 1 amide bonds. The third-order valence-corrected chi connectivity index (χ3v) is 6.48. The first-order chi connectivity index (χ1) is 15.8. The molecular formula is C25H22FN3O3S. The molecule has 0 radical (unpaired) electrons. The molecule has 168 valence electrons. The maximum Gasteiger partial charge on any atom is 0.261 e. The number of sulfonamides is 1. The Morgan fingerprint density at radius 1 is 0.818 bits per heavy atom. The molecule has 4 rings (SSSR count). The smallest absolute Gasteiger partial charge is 0.261 e. The van der Waals surface area contributed by atoms with E-state index >= 15 is 0 Å². The van der Waals surface area contributed by atoms with Crippen LogP contribution in [0.3, 0.4) is 0 Å². The van der Waals surface area contributed by atoms with Gasteiger partial charge in [-0.15, -0.1) is 0 Å². The molecule has 8 heteroatoms. The van der Waals surface area contributed by atoms with Gasteiger partial charge in [0.15, 0.2) is 0 Å². The highest BCUT2D eigenvalue weighted by molar-refractivity contribution is 7.92. The van der Waals surface area contributed by atoms with Crippen molar-refractivity contribution in [3.05, 3.63) is 96.8 Å². The highest BCUT2D eigenvalue weighted by Gasteiger charge is 2.16. The maximum atomic E-state index is 13.0. The molecule has 1 unspecified atom stereocenters. The second-order valence-corrected chi connectivity index (χ2v) is 9.20. The molecule has 3 N–H and O–H groups in total. The summed E-state index contributed by atoms with van der Waals surface area (Å²) in [7, 11) is -3.83. The highest BCUT2D eigenvalue weighted by Crippen LogP contribution is 2.24. The first-order valence-electron chi connectivity index (χ1n) is 10.3. The normalized spacial score (nSPS) is 12.2. The van der Waals surface area contributed by atoms with E-state index in [4.69, 9.17) is 0 Å². The highest BCUT2D eigenvalue weighted by atomic mass is 32.2. The van der Waals surface area contributed by atoms with Gasteiger partial charge in [0.1, 0.15) is 11.9 Å². The first kappa shape index (κ1) is 22.3. The summed E-state index contributed by atoms with van der Waals surface area (Å²) >= 11 is 0. The SMILES string of the molecule is CC(Nc1ccc(NS(=O)(=O)c2ccc(F)cc2)cc1)C(=O)Nc1cccc2ccccc12. The standard InChI is InChI=1S/C25H22FN3O3S/c1-17(25(30)28-24-8-4-6-18-5-2-3-7-23(18)24)27-20-11-13-21(14-12-20)29-33(31,32)22-15-9-19(26)10-16-22/h2-17,27,29H,1H3,(H,28,30). The van der Waals surface area contributed by atoms with Crippen molar-refractivity contribution in [1.29, 1.82) is 0 Å². The lowest BCUT2D eigenvalue weighted by Crippen LogP contribution is -2.31. The Labute approximate surface area is 191 Å². The number of halogens is 1. The summed E-state index contributed by atoms with van der Waals surface area (Å²) in [5.74, 6) is -0.713. The predicted molar refractivity (Wildman–Crippen MR) is 129 cm³/mol. The Bertz CT molecular complexity index is 1380. The molecule has 4 aromatic carbocycles. The zero-order valence-electron chi connectivity index (χ0n) is 17.7. The van der Waals surface area contributed by atoms with Gasteiger partial charge in [0.25, 0.3) is 10.0 Å². The third kappa shape index (κ3) is 5.30. The van der Waals surface area contributed by atoms with E-state index in [0.29, 0.717) is 11.4 Å². The lowest BCUT2D eigenvalue weighted by atomic mass is 10.1. The van der Waals surface area contributed by atoms with Gasteiger partial charge in [-0.25, -0.2) is 12.8 Å². The number of anilines is 3. The van der Waals surface area contributed by atoms with Gasteiger partial charge < -0.3 is 10.6 Å². The van der Waals surface area contributed by atoms with Gasteiger partial charge >= 0.3 is 0 Å². The molecule has 6 nitrogen and oxygen atoms in total. The van der Waals surface area contributed by atoms with Crippen LogP contribution in [0.2, 0.25) is 0 Å². The van der Waals surface area contributed by atoms with E-state index in [9.17, 15) is 17.6 Å². The minimum atomic E-state index is -3.83. The number of nitrogens with one attached hydrogen (secondary N) is 3. The van der Waals surface area contributed by atoms with Crippen LogP contribution in [0.1, 0.15) is 6.92 Å². The molecule has 33 heavy (non-hydrogen) atoms. The number of fused-ring (bicyclic) bond motifs is 1. The van der Waals surface area contributed by atoms with Gasteiger partial charge in [0.05, 0.1) is 4.90 Å². The average molecular weight is 464 g/mol. The van der Waals surface area contributed by atoms with Crippen LogP contribution in [-0.2, 0) is 14.8 Å². The van der Waals surface area contributed by atoms with Crippen molar-refractivity contribution in [2.75, 3.05) is 15.4 Å². The molecule has 0 aliphatic rings. The van der Waals surface area contributed by atoms with Crippen LogP contribution in [0, 0.1) is 5.82 Å². The lowest BCUT2D eigenvalue weighted by Gasteiger charge is -2.17. The molecule has 0 heterocycles. The quantitative estimate of drug-likeness (QED) is 0.351. The van der Waals surface area contributed by atoms with Crippen molar-refractivity contribution in [2.45, 2.75) is 17.9 Å². The second-order valence-electron chi connectivity index (χ2n) is 7.52. The number of amides is 1. The number of carbonyl (C=O) groups is 1. The van der Waals surface area contributed by atoms with Crippen molar-refractivity contribution in [3.8, 4) is 0 Å².